The van der Waals surface area contributed by atoms with Crippen LogP contribution in [0.1, 0.15) is 23.7 Å². The molecule has 5 heteroatoms. The van der Waals surface area contributed by atoms with E-state index in [1.165, 1.54) is 18.2 Å². The Morgan fingerprint density at radius 1 is 1.47 bits per heavy atom. The van der Waals surface area contributed by atoms with Gasteiger partial charge >= 0.3 is 0 Å². The smallest absolute Gasteiger partial charge is 0.255 e. The number of piperidine rings is 1. The number of nitrogens with one attached hydrogen (secondary N) is 2. The van der Waals surface area contributed by atoms with Crippen LogP contribution in [-0.4, -0.2) is 35.8 Å². The zero-order valence-corrected chi connectivity index (χ0v) is 11.0. The average Bonchev–Trinajstić information content (AvgIpc) is 2.37. The molecule has 104 valence electrons. The van der Waals surface area contributed by atoms with Crippen molar-refractivity contribution >= 4 is 5.91 Å². The molecular formula is C14H20N2O3. The van der Waals surface area contributed by atoms with Crippen LogP contribution in [-0.2, 0) is 0 Å². The van der Waals surface area contributed by atoms with Crippen LogP contribution >= 0.6 is 0 Å². The van der Waals surface area contributed by atoms with E-state index in [9.17, 15) is 15.0 Å². The summed E-state index contributed by atoms with van der Waals surface area (Å²) >= 11 is 0. The molecule has 1 saturated heterocycles. The molecule has 1 aromatic rings. The van der Waals surface area contributed by atoms with Crippen LogP contribution in [0.3, 0.4) is 0 Å². The van der Waals surface area contributed by atoms with Crippen molar-refractivity contribution in [3.63, 3.8) is 0 Å². The molecule has 4 N–H and O–H groups in total. The van der Waals surface area contributed by atoms with Crippen LogP contribution in [0.5, 0.6) is 11.5 Å². The molecule has 2 unspecified atom stereocenters. The van der Waals surface area contributed by atoms with Crippen molar-refractivity contribution in [1.29, 1.82) is 0 Å². The first-order chi connectivity index (χ1) is 9.08. The lowest BCUT2D eigenvalue weighted by molar-refractivity contribution is 0.0935. The molecule has 2 rings (SSSR count). The molecule has 1 aromatic carbocycles. The summed E-state index contributed by atoms with van der Waals surface area (Å²) in [6.07, 6.45) is 1.04. The highest BCUT2D eigenvalue weighted by Gasteiger charge is 2.22. The van der Waals surface area contributed by atoms with Gasteiger partial charge in [-0.05, 0) is 43.5 Å². The molecule has 1 fully saturated rings. The van der Waals surface area contributed by atoms with Crippen LogP contribution in [0.15, 0.2) is 18.2 Å². The van der Waals surface area contributed by atoms with Crippen LogP contribution < -0.4 is 10.6 Å². The van der Waals surface area contributed by atoms with Gasteiger partial charge < -0.3 is 20.8 Å². The van der Waals surface area contributed by atoms with E-state index >= 15 is 0 Å². The fourth-order valence-electron chi connectivity index (χ4n) is 2.40. The van der Waals surface area contributed by atoms with Crippen molar-refractivity contribution in [2.24, 2.45) is 11.8 Å². The van der Waals surface area contributed by atoms with Gasteiger partial charge in [0.15, 0.2) is 0 Å². The summed E-state index contributed by atoms with van der Waals surface area (Å²) in [6.45, 7) is 4.74. The molecule has 5 nitrogen and oxygen atoms in total. The van der Waals surface area contributed by atoms with E-state index in [-0.39, 0.29) is 23.0 Å². The Morgan fingerprint density at radius 2 is 2.26 bits per heavy atom. The van der Waals surface area contributed by atoms with Crippen molar-refractivity contribution in [2.45, 2.75) is 13.3 Å². The van der Waals surface area contributed by atoms with Crippen molar-refractivity contribution in [3.8, 4) is 11.5 Å². The normalized spacial score (nSPS) is 23.0. The SMILES string of the molecule is CC1CNCCC1CNC(=O)c1ccc(O)cc1O. The number of carbonyl (C=O) groups is 1. The second-order valence-electron chi connectivity index (χ2n) is 5.14. The lowest BCUT2D eigenvalue weighted by Crippen LogP contribution is -2.41. The van der Waals surface area contributed by atoms with Crippen LogP contribution in [0.25, 0.3) is 0 Å². The topological polar surface area (TPSA) is 81.6 Å². The predicted octanol–water partition coefficient (Wildman–Crippen LogP) is 1.07. The number of amides is 1. The number of aromatic hydroxyl groups is 2. The Morgan fingerprint density at radius 3 is 2.95 bits per heavy atom. The Hall–Kier alpha value is -1.75. The van der Waals surface area contributed by atoms with Crippen molar-refractivity contribution in [2.75, 3.05) is 19.6 Å². The summed E-state index contributed by atoms with van der Waals surface area (Å²) in [5, 5.41) is 25.0. The van der Waals surface area contributed by atoms with E-state index in [1.807, 2.05) is 0 Å². The van der Waals surface area contributed by atoms with E-state index in [4.69, 9.17) is 0 Å². The fraction of sp³-hybridized carbons (Fsp3) is 0.500. The fourth-order valence-corrected chi connectivity index (χ4v) is 2.40. The van der Waals surface area contributed by atoms with Gasteiger partial charge in [-0.15, -0.1) is 0 Å². The van der Waals surface area contributed by atoms with Gasteiger partial charge in [0.05, 0.1) is 5.56 Å². The summed E-state index contributed by atoms with van der Waals surface area (Å²) in [6, 6.07) is 3.98. The summed E-state index contributed by atoms with van der Waals surface area (Å²) in [5.41, 5.74) is 0.194. The van der Waals surface area contributed by atoms with Crippen LogP contribution in [0.2, 0.25) is 0 Å². The number of hydrogen-bond acceptors (Lipinski definition) is 4. The summed E-state index contributed by atoms with van der Waals surface area (Å²) in [7, 11) is 0. The first-order valence-corrected chi connectivity index (χ1v) is 6.59. The van der Waals surface area contributed by atoms with Gasteiger partial charge in [-0.1, -0.05) is 6.92 Å². The maximum absolute atomic E-state index is 12.0. The van der Waals surface area contributed by atoms with E-state index < -0.39 is 0 Å². The van der Waals surface area contributed by atoms with E-state index in [2.05, 4.69) is 17.6 Å². The Balaban J connectivity index is 1.93. The lowest BCUT2D eigenvalue weighted by Gasteiger charge is -2.29. The first kappa shape index (κ1) is 13.7. The highest BCUT2D eigenvalue weighted by atomic mass is 16.3. The van der Waals surface area contributed by atoms with Crippen molar-refractivity contribution < 1.29 is 15.0 Å². The number of benzene rings is 1. The molecule has 0 spiro atoms. The van der Waals surface area contributed by atoms with Gasteiger partial charge in [-0.3, -0.25) is 4.79 Å². The monoisotopic (exact) mass is 264 g/mol. The standard InChI is InChI=1S/C14H20N2O3/c1-9-7-15-5-4-10(9)8-16-14(19)12-3-2-11(17)6-13(12)18/h2-3,6,9-10,15,17-18H,4-5,7-8H2,1H3,(H,16,19). The van der Waals surface area contributed by atoms with Crippen LogP contribution in [0, 0.1) is 11.8 Å². The number of phenols is 2. The van der Waals surface area contributed by atoms with Gasteiger partial charge in [-0.25, -0.2) is 0 Å². The van der Waals surface area contributed by atoms with Crippen LogP contribution in [0.4, 0.5) is 0 Å². The van der Waals surface area contributed by atoms with E-state index in [0.717, 1.165) is 19.5 Å². The second kappa shape index (κ2) is 5.93. The average molecular weight is 264 g/mol. The molecule has 0 aromatic heterocycles. The summed E-state index contributed by atoms with van der Waals surface area (Å²) in [5.74, 6) is 0.437. The number of hydrogen-bond donors (Lipinski definition) is 4. The number of carbonyl (C=O) groups excluding carboxylic acids is 1. The van der Waals surface area contributed by atoms with E-state index in [1.54, 1.807) is 0 Å². The third kappa shape index (κ3) is 3.38. The number of phenolic OH excluding ortho intramolecular Hbond substituents is 2. The Labute approximate surface area is 112 Å². The maximum atomic E-state index is 12.0. The van der Waals surface area contributed by atoms with Gasteiger partial charge in [0.1, 0.15) is 11.5 Å². The van der Waals surface area contributed by atoms with Gasteiger partial charge in [0.25, 0.3) is 5.91 Å². The molecule has 0 radical (unpaired) electrons. The van der Waals surface area contributed by atoms with Gasteiger partial charge in [0, 0.05) is 12.6 Å². The van der Waals surface area contributed by atoms with E-state index in [0.29, 0.717) is 18.4 Å². The lowest BCUT2D eigenvalue weighted by atomic mass is 9.88. The summed E-state index contributed by atoms with van der Waals surface area (Å²) < 4.78 is 0. The zero-order chi connectivity index (χ0) is 13.8. The Bertz CT molecular complexity index is 462. The highest BCUT2D eigenvalue weighted by molar-refractivity contribution is 5.96. The molecule has 0 saturated carbocycles. The number of rotatable bonds is 3. The minimum atomic E-state index is -0.303. The first-order valence-electron chi connectivity index (χ1n) is 6.59. The zero-order valence-electron chi connectivity index (χ0n) is 11.0. The molecule has 0 bridgehead atoms. The molecule has 0 aliphatic carbocycles. The minimum Gasteiger partial charge on any atom is -0.508 e. The molecule has 1 amide bonds. The summed E-state index contributed by atoms with van der Waals surface area (Å²) in [4.78, 5) is 12.0. The maximum Gasteiger partial charge on any atom is 0.255 e. The molecule has 1 aliphatic rings. The minimum absolute atomic E-state index is 0.0546. The third-order valence-corrected chi connectivity index (χ3v) is 3.71. The van der Waals surface area contributed by atoms with Gasteiger partial charge in [-0.2, -0.15) is 0 Å². The van der Waals surface area contributed by atoms with Gasteiger partial charge in [0.2, 0.25) is 0 Å². The molecular weight excluding hydrogens is 244 g/mol. The largest absolute Gasteiger partial charge is 0.508 e. The molecule has 1 aliphatic heterocycles. The third-order valence-electron chi connectivity index (χ3n) is 3.71. The highest BCUT2D eigenvalue weighted by Crippen LogP contribution is 2.23. The Kier molecular flexibility index (Phi) is 4.27. The molecule has 2 atom stereocenters. The van der Waals surface area contributed by atoms with Crippen molar-refractivity contribution in [3.05, 3.63) is 23.8 Å². The predicted molar refractivity (Wildman–Crippen MR) is 72.2 cm³/mol. The molecule has 19 heavy (non-hydrogen) atoms. The molecule has 1 heterocycles. The second-order valence-corrected chi connectivity index (χ2v) is 5.14. The quantitative estimate of drug-likeness (QED) is 0.658. The van der Waals surface area contributed by atoms with Crippen molar-refractivity contribution in [1.82, 2.24) is 10.6 Å².